The summed E-state index contributed by atoms with van der Waals surface area (Å²) in [5, 5.41) is 19.9. The number of aromatic nitrogens is 4. The van der Waals surface area contributed by atoms with Crippen molar-refractivity contribution in [3.8, 4) is 6.07 Å². The van der Waals surface area contributed by atoms with Gasteiger partial charge in [0, 0.05) is 43.9 Å². The molecule has 0 radical (unpaired) electrons. The van der Waals surface area contributed by atoms with Crippen LogP contribution >= 0.6 is 0 Å². The zero-order chi connectivity index (χ0) is 23.3. The Balaban J connectivity index is 1.74. The van der Waals surface area contributed by atoms with Crippen molar-refractivity contribution in [3.05, 3.63) is 51.1 Å². The first-order valence-corrected chi connectivity index (χ1v) is 10.6. The number of anilines is 2. The Labute approximate surface area is 186 Å². The standard InChI is InChI=1S/C22H28N8O2/c1-4-17-14(2)28-30-19(24)18(13-23)20(27-21(17)30)26-10-8-16-7-5-11-29(22(16)32)12-6-9-25-15(3)31/h5,7,11H,4,6,8-10,12,24H2,1-3H3,(H,25,31)(H,26,27). The molecule has 0 aliphatic rings. The number of nitriles is 1. The summed E-state index contributed by atoms with van der Waals surface area (Å²) >= 11 is 0. The number of aryl methyl sites for hydroxylation is 3. The van der Waals surface area contributed by atoms with Gasteiger partial charge in [0.25, 0.3) is 5.56 Å². The SMILES string of the molecule is CCc1c(C)nn2c(N)c(C#N)c(NCCc3cccn(CCCNC(C)=O)c3=O)nc12. The van der Waals surface area contributed by atoms with E-state index in [1.54, 1.807) is 16.8 Å². The molecule has 32 heavy (non-hydrogen) atoms. The van der Waals surface area contributed by atoms with Crippen LogP contribution in [-0.2, 0) is 24.2 Å². The predicted molar refractivity (Wildman–Crippen MR) is 122 cm³/mol. The minimum atomic E-state index is -0.0847. The first kappa shape index (κ1) is 22.8. The van der Waals surface area contributed by atoms with E-state index >= 15 is 0 Å². The highest BCUT2D eigenvalue weighted by molar-refractivity contribution is 5.72. The van der Waals surface area contributed by atoms with Crippen LogP contribution in [0, 0.1) is 18.3 Å². The highest BCUT2D eigenvalue weighted by Crippen LogP contribution is 2.24. The number of hydrogen-bond acceptors (Lipinski definition) is 7. The second-order valence-corrected chi connectivity index (χ2v) is 7.53. The Hall–Kier alpha value is -3.87. The fraction of sp³-hybridized carbons (Fsp3) is 0.409. The first-order chi connectivity index (χ1) is 15.4. The van der Waals surface area contributed by atoms with E-state index in [1.807, 2.05) is 19.9 Å². The number of carbonyl (C=O) groups is 1. The number of carbonyl (C=O) groups excluding carboxylic acids is 1. The molecule has 0 aliphatic heterocycles. The van der Waals surface area contributed by atoms with E-state index in [4.69, 9.17) is 5.73 Å². The van der Waals surface area contributed by atoms with Crippen molar-refractivity contribution >= 4 is 23.2 Å². The third kappa shape index (κ3) is 4.72. The molecule has 0 unspecified atom stereocenters. The molecule has 10 nitrogen and oxygen atoms in total. The molecule has 0 aliphatic carbocycles. The molecule has 4 N–H and O–H groups in total. The lowest BCUT2D eigenvalue weighted by Crippen LogP contribution is -2.27. The molecule has 0 saturated heterocycles. The average Bonchev–Trinajstić information content (AvgIpc) is 3.08. The van der Waals surface area contributed by atoms with E-state index in [0.717, 1.165) is 17.7 Å². The van der Waals surface area contributed by atoms with Crippen molar-refractivity contribution < 1.29 is 4.79 Å². The van der Waals surface area contributed by atoms with Crippen molar-refractivity contribution in [1.82, 2.24) is 24.5 Å². The van der Waals surface area contributed by atoms with Crippen LogP contribution in [-0.4, -0.2) is 38.2 Å². The smallest absolute Gasteiger partial charge is 0.253 e. The van der Waals surface area contributed by atoms with Crippen molar-refractivity contribution in [3.63, 3.8) is 0 Å². The monoisotopic (exact) mass is 436 g/mol. The fourth-order valence-electron chi connectivity index (χ4n) is 3.65. The topological polar surface area (TPSA) is 143 Å². The van der Waals surface area contributed by atoms with Crippen LogP contribution in [0.5, 0.6) is 0 Å². The van der Waals surface area contributed by atoms with Crippen LogP contribution < -0.4 is 21.9 Å². The van der Waals surface area contributed by atoms with Crippen LogP contribution in [0.15, 0.2) is 23.1 Å². The van der Waals surface area contributed by atoms with Crippen molar-refractivity contribution in [2.75, 3.05) is 24.1 Å². The molecule has 0 atom stereocenters. The number of rotatable bonds is 9. The van der Waals surface area contributed by atoms with E-state index in [9.17, 15) is 14.9 Å². The van der Waals surface area contributed by atoms with Gasteiger partial charge >= 0.3 is 0 Å². The number of pyridine rings is 1. The normalized spacial score (nSPS) is 10.8. The minimum absolute atomic E-state index is 0.0692. The molecule has 0 spiro atoms. The third-order valence-corrected chi connectivity index (χ3v) is 5.30. The first-order valence-electron chi connectivity index (χ1n) is 10.6. The largest absolute Gasteiger partial charge is 0.382 e. The van der Waals surface area contributed by atoms with Crippen molar-refractivity contribution in [2.45, 2.75) is 46.6 Å². The Morgan fingerprint density at radius 1 is 1.34 bits per heavy atom. The van der Waals surface area contributed by atoms with Gasteiger partial charge in [-0.25, -0.2) is 4.98 Å². The molecule has 0 bridgehead atoms. The van der Waals surface area contributed by atoms with Gasteiger partial charge < -0.3 is 20.9 Å². The van der Waals surface area contributed by atoms with Gasteiger partial charge in [-0.1, -0.05) is 13.0 Å². The average molecular weight is 437 g/mol. The van der Waals surface area contributed by atoms with E-state index in [2.05, 4.69) is 26.8 Å². The number of fused-ring (bicyclic) bond motifs is 1. The Bertz CT molecular complexity index is 1240. The lowest BCUT2D eigenvalue weighted by Gasteiger charge is -2.12. The predicted octanol–water partition coefficient (Wildman–Crippen LogP) is 1.40. The van der Waals surface area contributed by atoms with Crippen LogP contribution in [0.3, 0.4) is 0 Å². The number of nitrogen functional groups attached to an aromatic ring is 1. The second kappa shape index (κ2) is 9.96. The summed E-state index contributed by atoms with van der Waals surface area (Å²) in [6.07, 6.45) is 3.62. The molecule has 3 rings (SSSR count). The van der Waals surface area contributed by atoms with Crippen molar-refractivity contribution in [1.29, 1.82) is 5.26 Å². The number of nitrogens with one attached hydrogen (secondary N) is 2. The van der Waals surface area contributed by atoms with Crippen LogP contribution in [0.25, 0.3) is 5.65 Å². The third-order valence-electron chi connectivity index (χ3n) is 5.30. The van der Waals surface area contributed by atoms with E-state index in [1.165, 1.54) is 11.4 Å². The number of nitrogens with zero attached hydrogens (tertiary/aromatic N) is 5. The van der Waals surface area contributed by atoms with Gasteiger partial charge in [-0.05, 0) is 32.3 Å². The summed E-state index contributed by atoms with van der Waals surface area (Å²) in [7, 11) is 0. The number of nitrogens with two attached hydrogens (primary N) is 1. The summed E-state index contributed by atoms with van der Waals surface area (Å²) in [6, 6.07) is 5.73. The molecular weight excluding hydrogens is 408 g/mol. The van der Waals surface area contributed by atoms with Gasteiger partial charge in [-0.2, -0.15) is 14.9 Å². The molecule has 3 aromatic heterocycles. The highest BCUT2D eigenvalue weighted by Gasteiger charge is 2.18. The maximum Gasteiger partial charge on any atom is 0.253 e. The number of hydrogen-bond donors (Lipinski definition) is 3. The van der Waals surface area contributed by atoms with Crippen molar-refractivity contribution in [2.24, 2.45) is 0 Å². The molecule has 1 amide bonds. The van der Waals surface area contributed by atoms with Gasteiger partial charge in [-0.3, -0.25) is 9.59 Å². The van der Waals surface area contributed by atoms with Gasteiger partial charge in [0.2, 0.25) is 5.91 Å². The maximum absolute atomic E-state index is 12.7. The molecule has 10 heteroatoms. The molecule has 0 fully saturated rings. The van der Waals surface area contributed by atoms with Crippen LogP contribution in [0.4, 0.5) is 11.6 Å². The maximum atomic E-state index is 12.7. The number of amides is 1. The zero-order valence-electron chi connectivity index (χ0n) is 18.6. The van der Waals surface area contributed by atoms with E-state index < -0.39 is 0 Å². The minimum Gasteiger partial charge on any atom is -0.382 e. The summed E-state index contributed by atoms with van der Waals surface area (Å²) < 4.78 is 3.15. The van der Waals surface area contributed by atoms with Crippen LogP contribution in [0.2, 0.25) is 0 Å². The Morgan fingerprint density at radius 3 is 2.81 bits per heavy atom. The molecule has 168 valence electrons. The van der Waals surface area contributed by atoms with Crippen LogP contribution in [0.1, 0.15) is 42.7 Å². The van der Waals surface area contributed by atoms with E-state index in [0.29, 0.717) is 49.5 Å². The lowest BCUT2D eigenvalue weighted by atomic mass is 10.2. The molecule has 3 aromatic rings. The molecule has 3 heterocycles. The van der Waals surface area contributed by atoms with Gasteiger partial charge in [0.15, 0.2) is 5.65 Å². The second-order valence-electron chi connectivity index (χ2n) is 7.53. The highest BCUT2D eigenvalue weighted by atomic mass is 16.1. The Morgan fingerprint density at radius 2 is 2.12 bits per heavy atom. The summed E-state index contributed by atoms with van der Waals surface area (Å²) in [6.45, 7) is 6.83. The van der Waals surface area contributed by atoms with E-state index in [-0.39, 0.29) is 22.8 Å². The Kier molecular flexibility index (Phi) is 7.10. The summed E-state index contributed by atoms with van der Waals surface area (Å²) in [4.78, 5) is 28.3. The fourth-order valence-corrected chi connectivity index (χ4v) is 3.65. The molecule has 0 aromatic carbocycles. The summed E-state index contributed by atoms with van der Waals surface area (Å²) in [5.41, 5.74) is 9.44. The lowest BCUT2D eigenvalue weighted by molar-refractivity contribution is -0.118. The van der Waals surface area contributed by atoms with Gasteiger partial charge in [0.05, 0.1) is 5.69 Å². The summed E-state index contributed by atoms with van der Waals surface area (Å²) in [5.74, 6) is 0.543. The quantitative estimate of drug-likeness (QED) is 0.430. The van der Waals surface area contributed by atoms with Gasteiger partial charge in [-0.15, -0.1) is 0 Å². The molecular formula is C22H28N8O2. The molecule has 0 saturated carbocycles. The zero-order valence-corrected chi connectivity index (χ0v) is 18.6. The van der Waals surface area contributed by atoms with Gasteiger partial charge in [0.1, 0.15) is 23.3 Å².